The van der Waals surface area contributed by atoms with Gasteiger partial charge in [0.15, 0.2) is 0 Å². The van der Waals surface area contributed by atoms with E-state index in [1.54, 1.807) is 19.1 Å². The molecule has 168 valence electrons. The molecule has 2 aromatic carbocycles. The fourth-order valence-corrected chi connectivity index (χ4v) is 3.72. The van der Waals surface area contributed by atoms with Crippen molar-refractivity contribution in [3.63, 3.8) is 0 Å². The van der Waals surface area contributed by atoms with E-state index in [1.807, 2.05) is 32.0 Å². The van der Waals surface area contributed by atoms with Gasteiger partial charge in [-0.05, 0) is 62.1 Å². The molecule has 0 aliphatic carbocycles. The first kappa shape index (κ1) is 24.4. The van der Waals surface area contributed by atoms with Crippen LogP contribution in [-0.2, 0) is 0 Å². The lowest BCUT2D eigenvalue weighted by molar-refractivity contribution is 0.0695. The summed E-state index contributed by atoms with van der Waals surface area (Å²) in [5.41, 5.74) is 4.44. The van der Waals surface area contributed by atoms with E-state index in [9.17, 15) is 19.8 Å². The van der Waals surface area contributed by atoms with Crippen molar-refractivity contribution in [2.24, 2.45) is 5.92 Å². The number of carboxylic acids is 1. The van der Waals surface area contributed by atoms with Crippen LogP contribution in [0.4, 0.5) is 11.4 Å². The summed E-state index contributed by atoms with van der Waals surface area (Å²) in [5.74, 6) is -1.01. The SMILES string of the molecule is CCC.Cc1ccc(N2CCC(CO)C2)cc1C(=O)Nc1c(C)ccc(C(=O)O)c1C. The first-order valence-electron chi connectivity index (χ1n) is 10.8. The molecule has 1 atom stereocenters. The molecule has 0 spiro atoms. The second-order valence-electron chi connectivity index (χ2n) is 8.18. The number of anilines is 2. The summed E-state index contributed by atoms with van der Waals surface area (Å²) in [7, 11) is 0. The maximum atomic E-state index is 13.0. The van der Waals surface area contributed by atoms with Gasteiger partial charge >= 0.3 is 5.97 Å². The molecule has 1 aliphatic heterocycles. The standard InChI is InChI=1S/C22H26N2O4.C3H8/c1-13-4-6-17(24-9-8-16(11-24)12-25)10-19(13)21(26)23-20-14(2)5-7-18(15(20)3)22(27)28;1-3-2/h4-7,10,16,25H,8-9,11-12H2,1-3H3,(H,23,26)(H,27,28);3H2,1-2H3. The van der Waals surface area contributed by atoms with Crippen LogP contribution in [0.15, 0.2) is 30.3 Å². The minimum Gasteiger partial charge on any atom is -0.478 e. The number of rotatable bonds is 5. The maximum Gasteiger partial charge on any atom is 0.336 e. The Morgan fingerprint density at radius 1 is 1.06 bits per heavy atom. The van der Waals surface area contributed by atoms with Crippen LogP contribution in [0.25, 0.3) is 0 Å². The van der Waals surface area contributed by atoms with E-state index in [0.717, 1.165) is 36.3 Å². The number of benzene rings is 2. The third-order valence-corrected chi connectivity index (χ3v) is 5.52. The van der Waals surface area contributed by atoms with E-state index >= 15 is 0 Å². The Balaban J connectivity index is 0.00000107. The molecule has 3 rings (SSSR count). The molecule has 0 saturated carbocycles. The molecule has 6 heteroatoms. The number of nitrogens with zero attached hydrogens (tertiary/aromatic N) is 1. The molecule has 1 unspecified atom stereocenters. The quantitative estimate of drug-likeness (QED) is 0.639. The summed E-state index contributed by atoms with van der Waals surface area (Å²) in [6.07, 6.45) is 2.19. The number of aliphatic hydroxyl groups is 1. The number of amides is 1. The largest absolute Gasteiger partial charge is 0.478 e. The number of aromatic carboxylic acids is 1. The van der Waals surface area contributed by atoms with Crippen molar-refractivity contribution in [3.8, 4) is 0 Å². The molecule has 0 bridgehead atoms. The Morgan fingerprint density at radius 3 is 2.29 bits per heavy atom. The summed E-state index contributed by atoms with van der Waals surface area (Å²) in [6.45, 7) is 11.5. The van der Waals surface area contributed by atoms with Crippen molar-refractivity contribution < 1.29 is 19.8 Å². The van der Waals surface area contributed by atoms with E-state index in [2.05, 4.69) is 24.1 Å². The third-order valence-electron chi connectivity index (χ3n) is 5.52. The average Bonchev–Trinajstić information content (AvgIpc) is 3.21. The molecule has 0 aromatic heterocycles. The van der Waals surface area contributed by atoms with Gasteiger partial charge in [-0.3, -0.25) is 4.79 Å². The molecule has 1 amide bonds. The number of hydrogen-bond donors (Lipinski definition) is 3. The zero-order chi connectivity index (χ0) is 23.1. The van der Waals surface area contributed by atoms with Crippen molar-refractivity contribution in [2.45, 2.75) is 47.5 Å². The lowest BCUT2D eigenvalue weighted by atomic mass is 10.0. The smallest absolute Gasteiger partial charge is 0.336 e. The van der Waals surface area contributed by atoms with Crippen LogP contribution < -0.4 is 10.2 Å². The Labute approximate surface area is 184 Å². The second kappa shape index (κ2) is 11.0. The van der Waals surface area contributed by atoms with Crippen molar-refractivity contribution in [1.29, 1.82) is 0 Å². The highest BCUT2D eigenvalue weighted by Gasteiger charge is 2.23. The first-order valence-corrected chi connectivity index (χ1v) is 10.8. The van der Waals surface area contributed by atoms with Gasteiger partial charge in [0.25, 0.3) is 5.91 Å². The summed E-state index contributed by atoms with van der Waals surface area (Å²) in [4.78, 5) is 26.6. The molecule has 0 radical (unpaired) electrons. The number of nitrogens with one attached hydrogen (secondary N) is 1. The van der Waals surface area contributed by atoms with Gasteiger partial charge < -0.3 is 20.4 Å². The Bertz CT molecular complexity index is 939. The summed E-state index contributed by atoms with van der Waals surface area (Å²) >= 11 is 0. The molecular weight excluding hydrogens is 392 g/mol. The number of carboxylic acid groups (broad SMARTS) is 1. The van der Waals surface area contributed by atoms with Gasteiger partial charge in [0.2, 0.25) is 0 Å². The zero-order valence-corrected chi connectivity index (χ0v) is 19.2. The summed E-state index contributed by atoms with van der Waals surface area (Å²) < 4.78 is 0. The van der Waals surface area contributed by atoms with Gasteiger partial charge in [-0.1, -0.05) is 32.4 Å². The maximum absolute atomic E-state index is 13.0. The normalized spacial score (nSPS) is 15.3. The van der Waals surface area contributed by atoms with E-state index in [1.165, 1.54) is 6.42 Å². The van der Waals surface area contributed by atoms with Gasteiger partial charge in [0, 0.05) is 42.6 Å². The zero-order valence-electron chi connectivity index (χ0n) is 19.2. The van der Waals surface area contributed by atoms with E-state index in [-0.39, 0.29) is 24.0 Å². The lowest BCUT2D eigenvalue weighted by Gasteiger charge is -2.20. The van der Waals surface area contributed by atoms with E-state index in [0.29, 0.717) is 16.8 Å². The number of aliphatic hydroxyl groups excluding tert-OH is 1. The average molecular weight is 427 g/mol. The van der Waals surface area contributed by atoms with Crippen LogP contribution in [0.1, 0.15) is 64.1 Å². The fourth-order valence-electron chi connectivity index (χ4n) is 3.72. The summed E-state index contributed by atoms with van der Waals surface area (Å²) in [5, 5.41) is 21.6. The summed E-state index contributed by atoms with van der Waals surface area (Å²) in [6, 6.07) is 9.04. The Hall–Kier alpha value is -2.86. The highest BCUT2D eigenvalue weighted by molar-refractivity contribution is 6.07. The van der Waals surface area contributed by atoms with E-state index in [4.69, 9.17) is 0 Å². The molecule has 3 N–H and O–H groups in total. The lowest BCUT2D eigenvalue weighted by Crippen LogP contribution is -2.22. The number of hydrogen-bond acceptors (Lipinski definition) is 4. The van der Waals surface area contributed by atoms with Crippen molar-refractivity contribution in [1.82, 2.24) is 0 Å². The van der Waals surface area contributed by atoms with Crippen LogP contribution in [0, 0.1) is 26.7 Å². The van der Waals surface area contributed by atoms with Crippen LogP contribution in [0.3, 0.4) is 0 Å². The van der Waals surface area contributed by atoms with Crippen molar-refractivity contribution >= 4 is 23.3 Å². The molecule has 31 heavy (non-hydrogen) atoms. The van der Waals surface area contributed by atoms with Gasteiger partial charge in [0.1, 0.15) is 0 Å². The molecule has 1 heterocycles. The highest BCUT2D eigenvalue weighted by atomic mass is 16.4. The fraction of sp³-hybridized carbons (Fsp3) is 0.440. The van der Waals surface area contributed by atoms with Crippen LogP contribution in [0.5, 0.6) is 0 Å². The number of carbonyl (C=O) groups is 2. The Kier molecular flexibility index (Phi) is 8.63. The predicted molar refractivity (Wildman–Crippen MR) is 125 cm³/mol. The minimum atomic E-state index is -1.02. The predicted octanol–water partition coefficient (Wildman–Crippen LogP) is 4.80. The Morgan fingerprint density at radius 2 is 1.71 bits per heavy atom. The van der Waals surface area contributed by atoms with Gasteiger partial charge in [0.05, 0.1) is 5.56 Å². The number of carbonyl (C=O) groups excluding carboxylic acids is 1. The molecule has 6 nitrogen and oxygen atoms in total. The molecule has 1 fully saturated rings. The second-order valence-corrected chi connectivity index (χ2v) is 8.18. The minimum absolute atomic E-state index is 0.175. The van der Waals surface area contributed by atoms with Crippen LogP contribution in [0.2, 0.25) is 0 Å². The van der Waals surface area contributed by atoms with Gasteiger partial charge in [-0.15, -0.1) is 0 Å². The molecular formula is C25H34N2O4. The molecule has 1 aliphatic rings. The highest BCUT2D eigenvalue weighted by Crippen LogP contribution is 2.28. The van der Waals surface area contributed by atoms with Crippen molar-refractivity contribution in [2.75, 3.05) is 29.9 Å². The monoisotopic (exact) mass is 426 g/mol. The van der Waals surface area contributed by atoms with Crippen LogP contribution in [-0.4, -0.2) is 41.8 Å². The first-order chi connectivity index (χ1) is 14.7. The van der Waals surface area contributed by atoms with Crippen LogP contribution >= 0.6 is 0 Å². The van der Waals surface area contributed by atoms with Gasteiger partial charge in [-0.25, -0.2) is 4.79 Å². The third kappa shape index (κ3) is 5.85. The van der Waals surface area contributed by atoms with Gasteiger partial charge in [-0.2, -0.15) is 0 Å². The molecule has 1 saturated heterocycles. The topological polar surface area (TPSA) is 89.9 Å². The van der Waals surface area contributed by atoms with Crippen molar-refractivity contribution in [3.05, 3.63) is 58.1 Å². The van der Waals surface area contributed by atoms with E-state index < -0.39 is 5.97 Å². The molecule has 2 aromatic rings. The number of aryl methyl sites for hydroxylation is 2.